The number of carbonyl (C=O) groups excluding carboxylic acids is 3. The van der Waals surface area contributed by atoms with Gasteiger partial charge in [0.15, 0.2) is 12.0 Å². The number of aromatic hydroxyl groups is 1. The molecule has 4 aliphatic heterocycles. The highest BCUT2D eigenvalue weighted by atomic mass is 16.3. The largest absolute Gasteiger partial charge is 0.506 e. The average Bonchev–Trinajstić information content (AvgIpc) is 1.18. The Labute approximate surface area is 487 Å². The van der Waals surface area contributed by atoms with Gasteiger partial charge in [-0.3, -0.25) is 19.4 Å². The molecule has 3 N–H and O–H groups in total. The number of phenols is 1. The van der Waals surface area contributed by atoms with Gasteiger partial charge in [-0.05, 0) is 182 Å². The van der Waals surface area contributed by atoms with Crippen molar-refractivity contribution in [1.82, 2.24) is 25.1 Å². The highest BCUT2D eigenvalue weighted by molar-refractivity contribution is 6.02. The van der Waals surface area contributed by atoms with E-state index < -0.39 is 0 Å². The number of benzene rings is 6. The van der Waals surface area contributed by atoms with Gasteiger partial charge in [-0.25, -0.2) is 4.58 Å². The normalized spacial score (nSPS) is 18.2. The number of rotatable bonds is 16. The first-order valence-electron chi connectivity index (χ1n) is 29.7. The Morgan fingerprint density at radius 3 is 2.36 bits per heavy atom. The highest BCUT2D eigenvalue weighted by Crippen LogP contribution is 2.50. The Hall–Kier alpha value is -8.33. The first-order chi connectivity index (χ1) is 39.9. The minimum Gasteiger partial charge on any atom is -0.506 e. The van der Waals surface area contributed by atoms with E-state index in [1.165, 1.54) is 49.6 Å². The molecule has 428 valence electrons. The van der Waals surface area contributed by atoms with Crippen molar-refractivity contribution in [1.29, 1.82) is 0 Å². The van der Waals surface area contributed by atoms with Crippen molar-refractivity contribution in [2.75, 3.05) is 51.7 Å². The van der Waals surface area contributed by atoms with E-state index in [2.05, 4.69) is 118 Å². The van der Waals surface area contributed by atoms with E-state index in [4.69, 9.17) is 0 Å². The van der Waals surface area contributed by atoms with E-state index in [0.717, 1.165) is 79.6 Å². The number of amidine groups is 1. The molecule has 6 aromatic carbocycles. The van der Waals surface area contributed by atoms with Gasteiger partial charge >= 0.3 is 0 Å². The predicted octanol–water partition coefficient (Wildman–Crippen LogP) is 11.1. The summed E-state index contributed by atoms with van der Waals surface area (Å²) in [6, 6.07) is 35.5. The Morgan fingerprint density at radius 2 is 1.61 bits per heavy atom. The fraction of sp³-hybridized carbons (Fsp3) is 0.397. The molecule has 4 heterocycles. The van der Waals surface area contributed by atoms with Crippen LogP contribution in [-0.4, -0.2) is 90.9 Å². The van der Waals surface area contributed by atoms with Crippen molar-refractivity contribution >= 4 is 46.2 Å². The molecule has 2 atom stereocenters. The van der Waals surface area contributed by atoms with E-state index >= 15 is 0 Å². The number of phenolic OH excluding ortho intramolecular Hbond substituents is 1. The topological polar surface area (TPSA) is 170 Å². The van der Waals surface area contributed by atoms with Gasteiger partial charge in [0.25, 0.3) is 11.8 Å². The van der Waals surface area contributed by atoms with Crippen LogP contribution in [-0.2, 0) is 36.0 Å². The Balaban J connectivity index is 0.711. The molecule has 0 radical (unpaired) electrons. The van der Waals surface area contributed by atoms with Gasteiger partial charge in [0.1, 0.15) is 24.5 Å². The maximum atomic E-state index is 14.9. The molecule has 2 unspecified atom stereocenters. The number of hydrazone groups is 1. The van der Waals surface area contributed by atoms with Crippen molar-refractivity contribution in [3.63, 3.8) is 0 Å². The van der Waals surface area contributed by atoms with Gasteiger partial charge in [0.05, 0.1) is 5.69 Å². The third kappa shape index (κ3) is 11.2. The van der Waals surface area contributed by atoms with Crippen LogP contribution in [0, 0.1) is 0 Å². The number of fused-ring (bicyclic) bond motifs is 4. The minimum absolute atomic E-state index is 0.0284. The minimum atomic E-state index is -0.290. The number of hydrogen-bond donors (Lipinski definition) is 3. The number of aryl methyl sites for hydroxylation is 1. The first-order valence-corrected chi connectivity index (χ1v) is 29.7. The summed E-state index contributed by atoms with van der Waals surface area (Å²) in [6.45, 7) is 20.4. The molecule has 5 aliphatic rings. The van der Waals surface area contributed by atoms with Crippen LogP contribution >= 0.6 is 0 Å². The molecule has 0 spiro atoms. The zero-order valence-electron chi connectivity index (χ0n) is 49.6. The Bertz CT molecular complexity index is 3760. The van der Waals surface area contributed by atoms with Gasteiger partial charge < -0.3 is 25.5 Å². The number of carbonyl (C=O) groups is 3. The molecule has 0 bridgehead atoms. The molecule has 15 heteroatoms. The van der Waals surface area contributed by atoms with E-state index in [1.54, 1.807) is 53.2 Å². The van der Waals surface area contributed by atoms with Crippen molar-refractivity contribution < 1.29 is 19.5 Å². The summed E-state index contributed by atoms with van der Waals surface area (Å²) >= 11 is 0. The highest BCUT2D eigenvalue weighted by Gasteiger charge is 2.43. The smallest absolute Gasteiger partial charge is 0.254 e. The number of hydrogen-bond acceptors (Lipinski definition) is 11. The van der Waals surface area contributed by atoms with Gasteiger partial charge in [0.2, 0.25) is 11.3 Å². The Kier molecular flexibility index (Phi) is 15.8. The molecule has 83 heavy (non-hydrogen) atoms. The lowest BCUT2D eigenvalue weighted by molar-refractivity contribution is -0.121. The van der Waals surface area contributed by atoms with E-state index in [1.807, 2.05) is 56.6 Å². The summed E-state index contributed by atoms with van der Waals surface area (Å²) in [6.07, 6.45) is 6.45. The van der Waals surface area contributed by atoms with Crippen LogP contribution < -0.4 is 30.7 Å². The summed E-state index contributed by atoms with van der Waals surface area (Å²) in [4.78, 5) is 45.4. The number of anilines is 1. The average molecular weight is 1110 g/mol. The quantitative estimate of drug-likeness (QED) is 0.0643. The number of amides is 3. The third-order valence-electron chi connectivity index (χ3n) is 17.8. The lowest BCUT2D eigenvalue weighted by atomic mass is 9.64. The van der Waals surface area contributed by atoms with Crippen molar-refractivity contribution in [2.45, 2.75) is 129 Å². The molecule has 6 aromatic rings. The summed E-state index contributed by atoms with van der Waals surface area (Å²) < 4.78 is 2.65. The number of nitrogens with one attached hydrogen (secondary N) is 2. The summed E-state index contributed by atoms with van der Waals surface area (Å²) in [7, 11) is 3.71. The van der Waals surface area contributed by atoms with Crippen molar-refractivity contribution in [3.05, 3.63) is 187 Å². The molecule has 0 saturated carbocycles. The SMILES string of the molecule is CCN1c2cc3c(cc2C(C)CC1(C)C)C(c1ccccc1C(=O)N(C)CCCC(=O)NCCc1ccc(N=Nc2ccc(C(=O)NCc4ccc(C5N=NC(C)=NN5C)cc4)cc2)c(O)c1)=c1cc2c4c(c1C3(C)C)CCC[N+]=4CCC2. The predicted molar refractivity (Wildman–Crippen MR) is 328 cm³/mol. The third-order valence-corrected chi connectivity index (χ3v) is 17.8. The Morgan fingerprint density at radius 1 is 0.867 bits per heavy atom. The summed E-state index contributed by atoms with van der Waals surface area (Å²) in [5.74, 6) is 0.569. The second-order valence-electron chi connectivity index (χ2n) is 24.4. The zero-order valence-corrected chi connectivity index (χ0v) is 49.6. The number of azo groups is 2. The van der Waals surface area contributed by atoms with Crippen LogP contribution in [0.4, 0.5) is 17.1 Å². The maximum Gasteiger partial charge on any atom is 0.254 e. The fourth-order valence-electron chi connectivity index (χ4n) is 13.8. The van der Waals surface area contributed by atoms with Crippen LogP contribution in [0.2, 0.25) is 0 Å². The van der Waals surface area contributed by atoms with Crippen molar-refractivity contribution in [3.8, 4) is 5.75 Å². The molecular weight excluding hydrogens is 1030 g/mol. The number of nitrogens with zero attached hydrogens (tertiary/aromatic N) is 9. The first kappa shape index (κ1) is 56.5. The van der Waals surface area contributed by atoms with Gasteiger partial charge in [-0.1, -0.05) is 69.3 Å². The second kappa shape index (κ2) is 23.1. The van der Waals surface area contributed by atoms with Crippen LogP contribution in [0.5, 0.6) is 5.75 Å². The van der Waals surface area contributed by atoms with Gasteiger partial charge in [-0.2, -0.15) is 15.3 Å². The molecule has 0 saturated heterocycles. The molecule has 11 rings (SSSR count). The zero-order chi connectivity index (χ0) is 58.3. The lowest BCUT2D eigenvalue weighted by Gasteiger charge is -2.48. The molecular formula is C68H78N11O4+. The van der Waals surface area contributed by atoms with Gasteiger partial charge in [0, 0.05) is 98.4 Å². The summed E-state index contributed by atoms with van der Waals surface area (Å²) in [5.41, 5.74) is 16.2. The molecule has 0 aromatic heterocycles. The van der Waals surface area contributed by atoms with E-state index in [0.29, 0.717) is 66.7 Å². The monoisotopic (exact) mass is 1110 g/mol. The van der Waals surface area contributed by atoms with Crippen LogP contribution in [0.3, 0.4) is 0 Å². The fourth-order valence-corrected chi connectivity index (χ4v) is 13.8. The second-order valence-corrected chi connectivity index (χ2v) is 24.4. The summed E-state index contributed by atoms with van der Waals surface area (Å²) in [5, 5.41) is 42.7. The van der Waals surface area contributed by atoms with Gasteiger partial charge in [-0.15, -0.1) is 10.2 Å². The van der Waals surface area contributed by atoms with Crippen LogP contribution in [0.25, 0.3) is 5.57 Å². The van der Waals surface area contributed by atoms with Crippen LogP contribution in [0.15, 0.2) is 135 Å². The lowest BCUT2D eigenvalue weighted by Crippen LogP contribution is -2.50. The van der Waals surface area contributed by atoms with Crippen molar-refractivity contribution in [2.24, 2.45) is 25.6 Å². The molecule has 3 amide bonds. The standard InChI is InChI=1S/C68H77N11O4/c1-10-79-58-39-56-54(38-53(58)42(2)40-67(79,4)5)61(55-37-48-16-13-34-78-35-14-19-52(63(48)78)62(55)68(56,6)7)50-17-11-12-18-51(50)66(83)76(8)33-15-20-60(81)69-32-31-44-23-30-57(59(80)36-44)73-72-49-28-26-47(27-29-49)65(82)70-41-45-21-24-46(25-22-45)64-74-71-43(3)75-77(64)9/h11-12,17-18,21-30,36-39,42,64H,10,13-16,19-20,31-35,40-41H2,1-9H3,(H2-,69,70,72,80,81,82)/p+1. The molecule has 15 nitrogen and oxygen atoms in total. The van der Waals surface area contributed by atoms with E-state index in [9.17, 15) is 19.5 Å². The van der Waals surface area contributed by atoms with Crippen LogP contribution in [0.1, 0.15) is 169 Å². The maximum absolute atomic E-state index is 14.9. The molecule has 0 fully saturated rings. The van der Waals surface area contributed by atoms with E-state index in [-0.39, 0.29) is 47.0 Å². The molecule has 1 aliphatic carbocycles.